The highest BCUT2D eigenvalue weighted by Gasteiger charge is 2.04. The standard InChI is InChI=1S/C11H16ClNS/c1-3-6-14-11-5-4-9(8(2)13)7-10(11)12/h4-5,7-8H,3,6,13H2,1-2H3/t8-/m0/s1. The van der Waals surface area contributed by atoms with Gasteiger partial charge in [0.2, 0.25) is 0 Å². The molecule has 0 aliphatic rings. The number of hydrogen-bond donors (Lipinski definition) is 1. The Bertz CT molecular complexity index is 299. The highest BCUT2D eigenvalue weighted by atomic mass is 35.5. The molecule has 0 saturated heterocycles. The third kappa shape index (κ3) is 3.19. The van der Waals surface area contributed by atoms with Crippen LogP contribution >= 0.6 is 23.4 Å². The third-order valence-corrected chi connectivity index (χ3v) is 3.65. The quantitative estimate of drug-likeness (QED) is 0.794. The Morgan fingerprint density at radius 3 is 2.71 bits per heavy atom. The third-order valence-electron chi connectivity index (χ3n) is 1.94. The normalized spacial score (nSPS) is 12.9. The molecule has 0 saturated carbocycles. The Morgan fingerprint density at radius 1 is 1.50 bits per heavy atom. The molecule has 2 N–H and O–H groups in total. The Balaban J connectivity index is 2.79. The lowest BCUT2D eigenvalue weighted by Gasteiger charge is -2.08. The largest absolute Gasteiger partial charge is 0.324 e. The average Bonchev–Trinajstić information content (AvgIpc) is 2.15. The molecule has 0 spiro atoms. The van der Waals surface area contributed by atoms with Crippen molar-refractivity contribution in [2.75, 3.05) is 5.75 Å². The average molecular weight is 230 g/mol. The molecule has 0 aromatic heterocycles. The number of halogens is 1. The van der Waals surface area contributed by atoms with Gasteiger partial charge in [-0.2, -0.15) is 0 Å². The van der Waals surface area contributed by atoms with Crippen LogP contribution in [0.4, 0.5) is 0 Å². The minimum atomic E-state index is 0.0534. The summed E-state index contributed by atoms with van der Waals surface area (Å²) in [6.07, 6.45) is 1.16. The second-order valence-corrected chi connectivity index (χ2v) is 4.87. The molecule has 1 aromatic carbocycles. The second kappa shape index (κ2) is 5.64. The monoisotopic (exact) mass is 229 g/mol. The maximum absolute atomic E-state index is 6.13. The molecular formula is C11H16ClNS. The van der Waals surface area contributed by atoms with Crippen LogP contribution in [0.3, 0.4) is 0 Å². The first kappa shape index (κ1) is 11.9. The fraction of sp³-hybridized carbons (Fsp3) is 0.455. The van der Waals surface area contributed by atoms with Crippen LogP contribution in [0.25, 0.3) is 0 Å². The van der Waals surface area contributed by atoms with Gasteiger partial charge in [-0.25, -0.2) is 0 Å². The van der Waals surface area contributed by atoms with Crippen molar-refractivity contribution in [3.05, 3.63) is 28.8 Å². The molecular weight excluding hydrogens is 214 g/mol. The fourth-order valence-electron chi connectivity index (χ4n) is 1.13. The minimum absolute atomic E-state index is 0.0534. The number of thioether (sulfide) groups is 1. The van der Waals surface area contributed by atoms with Gasteiger partial charge in [-0.05, 0) is 36.8 Å². The fourth-order valence-corrected chi connectivity index (χ4v) is 2.27. The van der Waals surface area contributed by atoms with Gasteiger partial charge in [0.25, 0.3) is 0 Å². The van der Waals surface area contributed by atoms with E-state index >= 15 is 0 Å². The van der Waals surface area contributed by atoms with Gasteiger partial charge in [0.15, 0.2) is 0 Å². The van der Waals surface area contributed by atoms with Gasteiger partial charge in [0.1, 0.15) is 0 Å². The smallest absolute Gasteiger partial charge is 0.0545 e. The van der Waals surface area contributed by atoms with Crippen molar-refractivity contribution in [3.8, 4) is 0 Å². The Labute approximate surface area is 95.0 Å². The number of rotatable bonds is 4. The molecule has 1 nitrogen and oxygen atoms in total. The van der Waals surface area contributed by atoms with E-state index in [1.165, 1.54) is 0 Å². The van der Waals surface area contributed by atoms with E-state index in [2.05, 4.69) is 19.1 Å². The molecule has 1 rings (SSSR count). The van der Waals surface area contributed by atoms with Gasteiger partial charge < -0.3 is 5.73 Å². The van der Waals surface area contributed by atoms with Gasteiger partial charge in [-0.15, -0.1) is 11.8 Å². The lowest BCUT2D eigenvalue weighted by molar-refractivity contribution is 0.817. The summed E-state index contributed by atoms with van der Waals surface area (Å²) in [7, 11) is 0. The molecule has 1 atom stereocenters. The van der Waals surface area contributed by atoms with E-state index in [9.17, 15) is 0 Å². The minimum Gasteiger partial charge on any atom is -0.324 e. The van der Waals surface area contributed by atoms with E-state index in [4.69, 9.17) is 17.3 Å². The van der Waals surface area contributed by atoms with E-state index in [0.717, 1.165) is 27.7 Å². The maximum Gasteiger partial charge on any atom is 0.0545 e. The SMILES string of the molecule is CCCSc1ccc([C@H](C)N)cc1Cl. The first-order chi connectivity index (χ1) is 6.65. The number of nitrogens with two attached hydrogens (primary N) is 1. The van der Waals surface area contributed by atoms with Gasteiger partial charge in [0, 0.05) is 10.9 Å². The summed E-state index contributed by atoms with van der Waals surface area (Å²) in [5.74, 6) is 1.11. The predicted molar refractivity (Wildman–Crippen MR) is 65.1 cm³/mol. The Kier molecular flexibility index (Phi) is 4.79. The molecule has 0 heterocycles. The first-order valence-electron chi connectivity index (χ1n) is 4.83. The molecule has 1 aromatic rings. The molecule has 3 heteroatoms. The molecule has 0 fully saturated rings. The molecule has 78 valence electrons. The second-order valence-electron chi connectivity index (χ2n) is 3.33. The van der Waals surface area contributed by atoms with Crippen molar-refractivity contribution in [3.63, 3.8) is 0 Å². The van der Waals surface area contributed by atoms with Crippen molar-refractivity contribution >= 4 is 23.4 Å². The molecule has 0 aliphatic heterocycles. The summed E-state index contributed by atoms with van der Waals surface area (Å²) in [5.41, 5.74) is 6.86. The summed E-state index contributed by atoms with van der Waals surface area (Å²) in [5, 5.41) is 0.818. The van der Waals surface area contributed by atoms with Gasteiger partial charge in [-0.3, -0.25) is 0 Å². The summed E-state index contributed by atoms with van der Waals surface area (Å²) < 4.78 is 0. The van der Waals surface area contributed by atoms with Gasteiger partial charge in [0.05, 0.1) is 5.02 Å². The highest BCUT2D eigenvalue weighted by Crippen LogP contribution is 2.29. The van der Waals surface area contributed by atoms with Crippen molar-refractivity contribution in [1.29, 1.82) is 0 Å². The molecule has 0 amide bonds. The zero-order chi connectivity index (χ0) is 10.6. The van der Waals surface area contributed by atoms with Gasteiger partial charge >= 0.3 is 0 Å². The Morgan fingerprint density at radius 2 is 2.21 bits per heavy atom. The van der Waals surface area contributed by atoms with Crippen LogP contribution in [0.2, 0.25) is 5.02 Å². The van der Waals surface area contributed by atoms with Crippen LogP contribution in [-0.2, 0) is 0 Å². The summed E-state index contributed by atoms with van der Waals surface area (Å²) >= 11 is 7.93. The highest BCUT2D eigenvalue weighted by molar-refractivity contribution is 7.99. The van der Waals surface area contributed by atoms with Crippen LogP contribution in [-0.4, -0.2) is 5.75 Å². The van der Waals surface area contributed by atoms with Crippen molar-refractivity contribution in [1.82, 2.24) is 0 Å². The summed E-state index contributed by atoms with van der Waals surface area (Å²) in [6.45, 7) is 4.13. The van der Waals surface area contributed by atoms with Crippen molar-refractivity contribution in [2.45, 2.75) is 31.2 Å². The lowest BCUT2D eigenvalue weighted by atomic mass is 10.1. The van der Waals surface area contributed by atoms with E-state index in [1.54, 1.807) is 11.8 Å². The van der Waals surface area contributed by atoms with Crippen molar-refractivity contribution in [2.24, 2.45) is 5.73 Å². The molecule has 14 heavy (non-hydrogen) atoms. The maximum atomic E-state index is 6.13. The summed E-state index contributed by atoms with van der Waals surface area (Å²) in [6, 6.07) is 6.12. The van der Waals surface area contributed by atoms with Crippen LogP contribution in [0, 0.1) is 0 Å². The van der Waals surface area contributed by atoms with E-state index < -0.39 is 0 Å². The zero-order valence-corrected chi connectivity index (χ0v) is 10.2. The Hall–Kier alpha value is -0.180. The number of benzene rings is 1. The zero-order valence-electron chi connectivity index (χ0n) is 8.59. The lowest BCUT2D eigenvalue weighted by Crippen LogP contribution is -2.04. The predicted octanol–water partition coefficient (Wildman–Crippen LogP) is 3.86. The summed E-state index contributed by atoms with van der Waals surface area (Å²) in [4.78, 5) is 1.15. The van der Waals surface area contributed by atoms with Crippen molar-refractivity contribution < 1.29 is 0 Å². The number of hydrogen-bond acceptors (Lipinski definition) is 2. The molecule has 0 bridgehead atoms. The molecule has 0 aliphatic carbocycles. The van der Waals surface area contributed by atoms with Crippen LogP contribution < -0.4 is 5.73 Å². The van der Waals surface area contributed by atoms with E-state index in [-0.39, 0.29) is 6.04 Å². The molecule has 0 unspecified atom stereocenters. The molecule has 0 radical (unpaired) electrons. The first-order valence-corrected chi connectivity index (χ1v) is 6.19. The van der Waals surface area contributed by atoms with Crippen LogP contribution in [0.1, 0.15) is 31.9 Å². The van der Waals surface area contributed by atoms with Gasteiger partial charge in [-0.1, -0.05) is 24.6 Å². The van der Waals surface area contributed by atoms with Crippen LogP contribution in [0.15, 0.2) is 23.1 Å². The van der Waals surface area contributed by atoms with E-state index in [1.807, 2.05) is 13.0 Å². The van der Waals surface area contributed by atoms with E-state index in [0.29, 0.717) is 0 Å². The topological polar surface area (TPSA) is 26.0 Å². The van der Waals surface area contributed by atoms with Crippen LogP contribution in [0.5, 0.6) is 0 Å².